The number of nitrogens with zero attached hydrogens (tertiary/aromatic N) is 2. The molecule has 2 N–H and O–H groups in total. The Morgan fingerprint density at radius 1 is 1.06 bits per heavy atom. The second-order valence-corrected chi connectivity index (χ2v) is 6.76. The Morgan fingerprint density at radius 2 is 1.78 bits per heavy atom. The highest BCUT2D eigenvalue weighted by molar-refractivity contribution is 6.04. The summed E-state index contributed by atoms with van der Waals surface area (Å²) in [5, 5.41) is 9.06. The Labute approximate surface area is 180 Å². The third-order valence-corrected chi connectivity index (χ3v) is 4.54. The molecule has 1 aromatic heterocycles. The smallest absolute Gasteiger partial charge is 0.359 e. The lowest BCUT2D eigenvalue weighted by Gasteiger charge is -2.19. The van der Waals surface area contributed by atoms with E-state index < -0.39 is 24.5 Å². The van der Waals surface area contributed by atoms with E-state index in [9.17, 15) is 19.2 Å². The Hall–Kier alpha value is -4.41. The summed E-state index contributed by atoms with van der Waals surface area (Å²) in [6, 6.07) is 10.4. The number of amides is 3. The number of urea groups is 1. The fraction of sp³-hybridized carbons (Fsp3) is 0.190. The van der Waals surface area contributed by atoms with Crippen LogP contribution in [0.25, 0.3) is 10.8 Å². The molecule has 0 radical (unpaired) electrons. The minimum absolute atomic E-state index is 0.115. The maximum Gasteiger partial charge on any atom is 0.359 e. The number of benzene rings is 2. The van der Waals surface area contributed by atoms with Crippen LogP contribution in [0.3, 0.4) is 0 Å². The lowest BCUT2D eigenvalue weighted by Crippen LogP contribution is -2.37. The van der Waals surface area contributed by atoms with E-state index in [1.807, 2.05) is 0 Å². The van der Waals surface area contributed by atoms with Crippen molar-refractivity contribution in [1.82, 2.24) is 15.1 Å². The Balaban J connectivity index is 1.35. The molecular formula is C21H18N4O7. The van der Waals surface area contributed by atoms with Crippen molar-refractivity contribution < 1.29 is 28.6 Å². The molecule has 0 bridgehead atoms. The van der Waals surface area contributed by atoms with Gasteiger partial charge in [0.05, 0.1) is 5.39 Å². The first-order chi connectivity index (χ1) is 15.4. The van der Waals surface area contributed by atoms with Crippen LogP contribution in [0.1, 0.15) is 10.5 Å². The quantitative estimate of drug-likeness (QED) is 0.580. The molecule has 3 amide bonds. The molecule has 11 heteroatoms. The van der Waals surface area contributed by atoms with E-state index in [4.69, 9.17) is 14.2 Å². The van der Waals surface area contributed by atoms with Gasteiger partial charge in [-0.2, -0.15) is 5.10 Å². The summed E-state index contributed by atoms with van der Waals surface area (Å²) in [5.74, 6) is -0.710. The van der Waals surface area contributed by atoms with E-state index in [0.29, 0.717) is 41.2 Å². The molecule has 11 nitrogen and oxygen atoms in total. The number of carbonyl (C=O) groups excluding carboxylic acids is 3. The molecular weight excluding hydrogens is 420 g/mol. The van der Waals surface area contributed by atoms with Gasteiger partial charge in [0.2, 0.25) is 0 Å². The van der Waals surface area contributed by atoms with Crippen LogP contribution in [-0.4, -0.2) is 47.5 Å². The summed E-state index contributed by atoms with van der Waals surface area (Å²) in [5.41, 5.74) is -0.0978. The normalized spacial score (nSPS) is 12.2. The molecule has 1 aliphatic rings. The summed E-state index contributed by atoms with van der Waals surface area (Å²) in [6.07, 6.45) is 0. The molecule has 0 saturated heterocycles. The minimum atomic E-state index is -0.904. The molecule has 32 heavy (non-hydrogen) atoms. The van der Waals surface area contributed by atoms with Crippen LogP contribution in [0.5, 0.6) is 11.5 Å². The number of aromatic nitrogens is 2. The van der Waals surface area contributed by atoms with Gasteiger partial charge in [-0.05, 0) is 18.2 Å². The topological polar surface area (TPSA) is 138 Å². The predicted octanol–water partition coefficient (Wildman–Crippen LogP) is 1.21. The Bertz CT molecular complexity index is 1280. The van der Waals surface area contributed by atoms with Gasteiger partial charge < -0.3 is 19.5 Å². The van der Waals surface area contributed by atoms with Crippen LogP contribution >= 0.6 is 0 Å². The van der Waals surface area contributed by atoms with E-state index >= 15 is 0 Å². The van der Waals surface area contributed by atoms with Crippen LogP contribution in [-0.2, 0) is 16.6 Å². The van der Waals surface area contributed by atoms with Crippen molar-refractivity contribution in [3.8, 4) is 11.5 Å². The number of fused-ring (bicyclic) bond motifs is 2. The van der Waals surface area contributed by atoms with Gasteiger partial charge in [-0.15, -0.1) is 0 Å². The number of hydrogen-bond donors (Lipinski definition) is 2. The highest BCUT2D eigenvalue weighted by Gasteiger charge is 2.19. The Kier molecular flexibility index (Phi) is 5.71. The van der Waals surface area contributed by atoms with Gasteiger partial charge in [-0.25, -0.2) is 14.3 Å². The van der Waals surface area contributed by atoms with Crippen LogP contribution in [0.15, 0.2) is 47.3 Å². The fourth-order valence-electron chi connectivity index (χ4n) is 3.10. The maximum atomic E-state index is 12.4. The number of anilines is 1. The first-order valence-electron chi connectivity index (χ1n) is 9.56. The molecule has 0 unspecified atom stereocenters. The number of esters is 1. The summed E-state index contributed by atoms with van der Waals surface area (Å²) >= 11 is 0. The zero-order valence-corrected chi connectivity index (χ0v) is 16.9. The summed E-state index contributed by atoms with van der Waals surface area (Å²) < 4.78 is 16.8. The molecule has 0 spiro atoms. The molecule has 2 aromatic carbocycles. The van der Waals surface area contributed by atoms with E-state index in [1.54, 1.807) is 42.5 Å². The zero-order chi connectivity index (χ0) is 22.7. The number of rotatable bonds is 4. The SMILES string of the molecule is Cn1nc(C(=O)OCC(=O)NC(=O)Nc2ccc3c(c2)OCCO3)c2ccccc2c1=O. The van der Waals surface area contributed by atoms with Crippen LogP contribution in [0.4, 0.5) is 10.5 Å². The van der Waals surface area contributed by atoms with E-state index in [2.05, 4.69) is 15.7 Å². The fourth-order valence-corrected chi connectivity index (χ4v) is 3.10. The van der Waals surface area contributed by atoms with Crippen molar-refractivity contribution in [2.45, 2.75) is 0 Å². The number of ether oxygens (including phenoxy) is 3. The number of hydrogen-bond acceptors (Lipinski definition) is 8. The lowest BCUT2D eigenvalue weighted by molar-refractivity contribution is -0.123. The summed E-state index contributed by atoms with van der Waals surface area (Å²) in [7, 11) is 1.40. The van der Waals surface area contributed by atoms with E-state index in [0.717, 1.165) is 4.68 Å². The van der Waals surface area contributed by atoms with E-state index in [1.165, 1.54) is 7.05 Å². The molecule has 0 saturated carbocycles. The van der Waals surface area contributed by atoms with Gasteiger partial charge in [0, 0.05) is 24.2 Å². The predicted molar refractivity (Wildman–Crippen MR) is 112 cm³/mol. The van der Waals surface area contributed by atoms with E-state index in [-0.39, 0.29) is 11.3 Å². The average molecular weight is 438 g/mol. The average Bonchev–Trinajstić information content (AvgIpc) is 2.79. The van der Waals surface area contributed by atoms with Crippen molar-refractivity contribution in [3.63, 3.8) is 0 Å². The van der Waals surface area contributed by atoms with Crippen molar-refractivity contribution in [2.75, 3.05) is 25.1 Å². The lowest BCUT2D eigenvalue weighted by atomic mass is 10.1. The molecule has 0 fully saturated rings. The third-order valence-electron chi connectivity index (χ3n) is 4.54. The van der Waals surface area contributed by atoms with Crippen molar-refractivity contribution in [1.29, 1.82) is 0 Å². The van der Waals surface area contributed by atoms with Crippen LogP contribution in [0.2, 0.25) is 0 Å². The standard InChI is InChI=1S/C21H18N4O7/c1-25-19(27)14-5-3-2-4-13(14)18(24-25)20(28)32-11-17(26)23-21(29)22-12-6-7-15-16(10-12)31-9-8-30-15/h2-7,10H,8-9,11H2,1H3,(H2,22,23,26,29). The van der Waals surface area contributed by atoms with Crippen molar-refractivity contribution in [3.05, 3.63) is 58.5 Å². The molecule has 2 heterocycles. The highest BCUT2D eigenvalue weighted by Crippen LogP contribution is 2.32. The van der Waals surface area contributed by atoms with Crippen molar-refractivity contribution >= 4 is 34.4 Å². The first-order valence-corrected chi connectivity index (χ1v) is 9.56. The second kappa shape index (κ2) is 8.76. The van der Waals surface area contributed by atoms with Crippen molar-refractivity contribution in [2.24, 2.45) is 7.05 Å². The summed E-state index contributed by atoms with van der Waals surface area (Å²) in [4.78, 5) is 48.7. The molecule has 0 aliphatic carbocycles. The monoisotopic (exact) mass is 438 g/mol. The second-order valence-electron chi connectivity index (χ2n) is 6.76. The number of imide groups is 1. The molecule has 164 valence electrons. The van der Waals surface area contributed by atoms with Gasteiger partial charge in [-0.1, -0.05) is 18.2 Å². The third kappa shape index (κ3) is 4.36. The maximum absolute atomic E-state index is 12.4. The molecule has 1 aliphatic heterocycles. The van der Waals surface area contributed by atoms with Crippen LogP contribution in [0, 0.1) is 0 Å². The number of aryl methyl sites for hydroxylation is 1. The first kappa shape index (κ1) is 20.8. The van der Waals surface area contributed by atoms with Gasteiger partial charge in [0.25, 0.3) is 11.5 Å². The number of nitrogens with one attached hydrogen (secondary N) is 2. The zero-order valence-electron chi connectivity index (χ0n) is 16.9. The Morgan fingerprint density at radius 3 is 2.56 bits per heavy atom. The van der Waals surface area contributed by atoms with Gasteiger partial charge in [0.1, 0.15) is 13.2 Å². The van der Waals surface area contributed by atoms with Crippen LogP contribution < -0.4 is 25.7 Å². The van der Waals surface area contributed by atoms with Gasteiger partial charge in [0.15, 0.2) is 23.8 Å². The highest BCUT2D eigenvalue weighted by atomic mass is 16.6. The van der Waals surface area contributed by atoms with Gasteiger partial charge >= 0.3 is 12.0 Å². The minimum Gasteiger partial charge on any atom is -0.486 e. The molecule has 0 atom stereocenters. The molecule has 4 rings (SSSR count). The summed E-state index contributed by atoms with van der Waals surface area (Å²) in [6.45, 7) is 0.122. The van der Waals surface area contributed by atoms with Gasteiger partial charge in [-0.3, -0.25) is 14.9 Å². The number of carbonyl (C=O) groups is 3. The largest absolute Gasteiger partial charge is 0.486 e. The molecule has 3 aromatic rings.